The lowest BCUT2D eigenvalue weighted by Gasteiger charge is -2.14. The van der Waals surface area contributed by atoms with Crippen LogP contribution in [0, 0.1) is 0 Å². The molecule has 4 nitrogen and oxygen atoms in total. The lowest BCUT2D eigenvalue weighted by molar-refractivity contribution is -0.125. The summed E-state index contributed by atoms with van der Waals surface area (Å²) in [4.78, 5) is 19.0. The minimum absolute atomic E-state index is 0.168. The number of rotatable bonds is 4. The number of hydrogen-bond donors (Lipinski definition) is 0. The first kappa shape index (κ1) is 10.4. The second-order valence-electron chi connectivity index (χ2n) is 3.10. The van der Waals surface area contributed by atoms with E-state index < -0.39 is 0 Å². The van der Waals surface area contributed by atoms with Crippen molar-refractivity contribution < 1.29 is 4.79 Å². The molecule has 0 aromatic heterocycles. The van der Waals surface area contributed by atoms with Crippen LogP contribution in [-0.2, 0) is 4.79 Å². The van der Waals surface area contributed by atoms with Gasteiger partial charge in [-0.25, -0.2) is 0 Å². The van der Waals surface area contributed by atoms with Crippen LogP contribution < -0.4 is 0 Å². The molecule has 0 atom stereocenters. The van der Waals surface area contributed by atoms with Gasteiger partial charge in [-0.3, -0.25) is 9.79 Å². The molecule has 0 N–H and O–H groups in total. The standard InChI is InChI=1S/C8H15N3OS/c1-10(2)8(12)5-13-7-11-4-3-9-6-11/h6H,3-5,7H2,1-2H3. The first-order valence-electron chi connectivity index (χ1n) is 4.22. The predicted molar refractivity (Wildman–Crippen MR) is 56.1 cm³/mol. The summed E-state index contributed by atoms with van der Waals surface area (Å²) in [5.41, 5.74) is 0. The quantitative estimate of drug-likeness (QED) is 0.647. The SMILES string of the molecule is CN(C)C(=O)CSCN1C=NCC1. The van der Waals surface area contributed by atoms with E-state index in [0.717, 1.165) is 19.0 Å². The van der Waals surface area contributed by atoms with E-state index in [4.69, 9.17) is 0 Å². The fourth-order valence-electron chi connectivity index (χ4n) is 0.894. The molecule has 0 aromatic carbocycles. The van der Waals surface area contributed by atoms with Gasteiger partial charge in [-0.15, -0.1) is 11.8 Å². The highest BCUT2D eigenvalue weighted by Gasteiger charge is 2.07. The Hall–Kier alpha value is -0.710. The third kappa shape index (κ3) is 3.67. The summed E-state index contributed by atoms with van der Waals surface area (Å²) >= 11 is 1.63. The fourth-order valence-corrected chi connectivity index (χ4v) is 1.85. The Morgan fingerprint density at radius 1 is 1.69 bits per heavy atom. The second-order valence-corrected chi connectivity index (χ2v) is 4.05. The van der Waals surface area contributed by atoms with E-state index >= 15 is 0 Å². The smallest absolute Gasteiger partial charge is 0.232 e. The van der Waals surface area contributed by atoms with E-state index in [0.29, 0.717) is 5.75 Å². The van der Waals surface area contributed by atoms with Gasteiger partial charge in [0.05, 0.1) is 24.5 Å². The van der Waals surface area contributed by atoms with Crippen LogP contribution in [0.25, 0.3) is 0 Å². The van der Waals surface area contributed by atoms with Gasteiger partial charge in [0.15, 0.2) is 0 Å². The van der Waals surface area contributed by atoms with Crippen LogP contribution in [0.15, 0.2) is 4.99 Å². The molecule has 0 radical (unpaired) electrons. The van der Waals surface area contributed by atoms with Crippen molar-refractivity contribution in [1.82, 2.24) is 9.80 Å². The maximum Gasteiger partial charge on any atom is 0.232 e. The van der Waals surface area contributed by atoms with Crippen LogP contribution >= 0.6 is 11.8 Å². The average Bonchev–Trinajstić information content (AvgIpc) is 2.56. The molecule has 0 spiro atoms. The highest BCUT2D eigenvalue weighted by atomic mass is 32.2. The summed E-state index contributed by atoms with van der Waals surface area (Å²) in [5.74, 6) is 1.58. The van der Waals surface area contributed by atoms with Gasteiger partial charge in [-0.05, 0) is 0 Å². The molecular formula is C8H15N3OS. The molecule has 1 aliphatic heterocycles. The van der Waals surface area contributed by atoms with E-state index in [9.17, 15) is 4.79 Å². The molecule has 1 rings (SSSR count). The molecule has 0 aromatic rings. The first-order valence-corrected chi connectivity index (χ1v) is 5.37. The Kier molecular flexibility index (Phi) is 4.08. The molecule has 0 aliphatic carbocycles. The highest BCUT2D eigenvalue weighted by molar-refractivity contribution is 7.99. The summed E-state index contributed by atoms with van der Waals surface area (Å²) in [6.45, 7) is 1.88. The number of carbonyl (C=O) groups is 1. The van der Waals surface area contributed by atoms with E-state index in [1.807, 2.05) is 6.34 Å². The third-order valence-electron chi connectivity index (χ3n) is 1.74. The van der Waals surface area contributed by atoms with E-state index in [2.05, 4.69) is 9.89 Å². The van der Waals surface area contributed by atoms with Crippen LogP contribution in [0.4, 0.5) is 0 Å². The summed E-state index contributed by atoms with van der Waals surface area (Å²) in [6, 6.07) is 0. The van der Waals surface area contributed by atoms with Gasteiger partial charge >= 0.3 is 0 Å². The Balaban J connectivity index is 2.06. The van der Waals surface area contributed by atoms with Crippen molar-refractivity contribution in [2.45, 2.75) is 0 Å². The first-order chi connectivity index (χ1) is 6.20. The molecule has 0 unspecified atom stereocenters. The summed E-state index contributed by atoms with van der Waals surface area (Å²) < 4.78 is 0. The molecule has 0 bridgehead atoms. The monoisotopic (exact) mass is 201 g/mol. The van der Waals surface area contributed by atoms with Crippen LogP contribution in [0.1, 0.15) is 0 Å². The van der Waals surface area contributed by atoms with Crippen molar-refractivity contribution in [3.63, 3.8) is 0 Å². The summed E-state index contributed by atoms with van der Waals surface area (Å²) in [6.07, 6.45) is 1.85. The molecule has 0 saturated carbocycles. The summed E-state index contributed by atoms with van der Waals surface area (Å²) in [7, 11) is 3.56. The minimum atomic E-state index is 0.168. The van der Waals surface area contributed by atoms with Gasteiger partial charge in [-0.1, -0.05) is 0 Å². The Bertz CT molecular complexity index is 206. The number of thioether (sulfide) groups is 1. The maximum absolute atomic E-state index is 11.2. The van der Waals surface area contributed by atoms with Crippen molar-refractivity contribution >= 4 is 24.0 Å². The number of aliphatic imine (C=N–C) groups is 1. The van der Waals surface area contributed by atoms with E-state index in [1.54, 1.807) is 30.8 Å². The van der Waals surface area contributed by atoms with Crippen molar-refractivity contribution in [3.8, 4) is 0 Å². The van der Waals surface area contributed by atoms with Gasteiger partial charge in [0.1, 0.15) is 0 Å². The molecule has 1 heterocycles. The number of carbonyl (C=O) groups excluding carboxylic acids is 1. The maximum atomic E-state index is 11.2. The van der Waals surface area contributed by atoms with Crippen LogP contribution in [0.2, 0.25) is 0 Å². The Morgan fingerprint density at radius 3 is 3.00 bits per heavy atom. The third-order valence-corrected chi connectivity index (χ3v) is 2.71. The number of nitrogens with zero attached hydrogens (tertiary/aromatic N) is 3. The van der Waals surface area contributed by atoms with Crippen LogP contribution in [0.3, 0.4) is 0 Å². The number of amides is 1. The summed E-state index contributed by atoms with van der Waals surface area (Å²) in [5, 5.41) is 0. The van der Waals surface area contributed by atoms with Crippen molar-refractivity contribution in [1.29, 1.82) is 0 Å². The number of hydrogen-bond acceptors (Lipinski definition) is 4. The predicted octanol–water partition coefficient (Wildman–Crippen LogP) is 0.109. The van der Waals surface area contributed by atoms with Crippen molar-refractivity contribution in [3.05, 3.63) is 0 Å². The van der Waals surface area contributed by atoms with Gasteiger partial charge in [0.2, 0.25) is 5.91 Å². The van der Waals surface area contributed by atoms with E-state index in [1.165, 1.54) is 0 Å². The highest BCUT2D eigenvalue weighted by Crippen LogP contribution is 2.05. The van der Waals surface area contributed by atoms with Crippen molar-refractivity contribution in [2.75, 3.05) is 38.8 Å². The molecule has 1 aliphatic rings. The zero-order chi connectivity index (χ0) is 9.68. The van der Waals surface area contributed by atoms with Gasteiger partial charge in [0, 0.05) is 20.6 Å². The van der Waals surface area contributed by atoms with Gasteiger partial charge in [0.25, 0.3) is 0 Å². The Morgan fingerprint density at radius 2 is 2.46 bits per heavy atom. The molecule has 13 heavy (non-hydrogen) atoms. The molecule has 0 fully saturated rings. The lowest BCUT2D eigenvalue weighted by atomic mass is 10.6. The minimum Gasteiger partial charge on any atom is -0.352 e. The van der Waals surface area contributed by atoms with E-state index in [-0.39, 0.29) is 5.91 Å². The zero-order valence-electron chi connectivity index (χ0n) is 8.06. The second kappa shape index (κ2) is 5.11. The lowest BCUT2D eigenvalue weighted by Crippen LogP contribution is -2.25. The molecule has 0 saturated heterocycles. The van der Waals surface area contributed by atoms with Crippen LogP contribution in [0.5, 0.6) is 0 Å². The largest absolute Gasteiger partial charge is 0.352 e. The normalized spacial score (nSPS) is 15.1. The molecule has 5 heteroatoms. The average molecular weight is 201 g/mol. The molecule has 74 valence electrons. The van der Waals surface area contributed by atoms with Crippen molar-refractivity contribution in [2.24, 2.45) is 4.99 Å². The van der Waals surface area contributed by atoms with Gasteiger partial charge in [-0.2, -0.15) is 0 Å². The van der Waals surface area contributed by atoms with Crippen LogP contribution in [-0.4, -0.2) is 60.9 Å². The zero-order valence-corrected chi connectivity index (χ0v) is 8.88. The Labute approximate surface area is 83.0 Å². The molecular weight excluding hydrogens is 186 g/mol. The fraction of sp³-hybridized carbons (Fsp3) is 0.750. The van der Waals surface area contributed by atoms with Gasteiger partial charge < -0.3 is 9.80 Å². The molecule has 1 amide bonds. The topological polar surface area (TPSA) is 35.9 Å².